The fourth-order valence-electron chi connectivity index (χ4n) is 2.40. The van der Waals surface area contributed by atoms with Gasteiger partial charge in [-0.05, 0) is 38.3 Å². The fourth-order valence-corrected chi connectivity index (χ4v) is 2.40. The third-order valence-electron chi connectivity index (χ3n) is 3.66. The minimum absolute atomic E-state index is 0.317. The van der Waals surface area contributed by atoms with Gasteiger partial charge in [-0.25, -0.2) is 9.78 Å². The summed E-state index contributed by atoms with van der Waals surface area (Å²) >= 11 is 0. The van der Waals surface area contributed by atoms with Gasteiger partial charge in [0.2, 0.25) is 5.91 Å². The van der Waals surface area contributed by atoms with Crippen LogP contribution < -0.4 is 10.6 Å². The molecule has 1 saturated heterocycles. The summed E-state index contributed by atoms with van der Waals surface area (Å²) in [5.41, 5.74) is 4.53. The summed E-state index contributed by atoms with van der Waals surface area (Å²) in [6, 6.07) is 3.22. The number of carbonyl (C=O) groups excluding carboxylic acids is 1. The number of hydrogen-bond acceptors (Lipinski definition) is 4. The molecular formula is C13H17N3O3. The van der Waals surface area contributed by atoms with Crippen LogP contribution in [-0.2, 0) is 4.79 Å². The van der Waals surface area contributed by atoms with Gasteiger partial charge in [0.25, 0.3) is 0 Å². The van der Waals surface area contributed by atoms with Crippen LogP contribution in [0, 0.1) is 0 Å². The highest BCUT2D eigenvalue weighted by Gasteiger charge is 2.42. The van der Waals surface area contributed by atoms with Crippen LogP contribution in [-0.4, -0.2) is 34.1 Å². The Morgan fingerprint density at radius 1 is 1.42 bits per heavy atom. The monoisotopic (exact) mass is 263 g/mol. The molecule has 1 fully saturated rings. The molecule has 1 aromatic rings. The number of amides is 1. The van der Waals surface area contributed by atoms with E-state index in [1.54, 1.807) is 24.0 Å². The number of rotatable bonds is 3. The third kappa shape index (κ3) is 2.38. The van der Waals surface area contributed by atoms with E-state index in [4.69, 9.17) is 5.73 Å². The summed E-state index contributed by atoms with van der Waals surface area (Å²) in [6.45, 7) is 2.35. The molecule has 0 saturated carbocycles. The van der Waals surface area contributed by atoms with Crippen molar-refractivity contribution in [2.45, 2.75) is 31.7 Å². The number of anilines is 1. The first kappa shape index (κ1) is 13.3. The lowest BCUT2D eigenvalue weighted by Crippen LogP contribution is -2.55. The summed E-state index contributed by atoms with van der Waals surface area (Å²) in [7, 11) is 0. The Labute approximate surface area is 111 Å². The van der Waals surface area contributed by atoms with E-state index in [2.05, 4.69) is 4.98 Å². The van der Waals surface area contributed by atoms with Gasteiger partial charge in [0.15, 0.2) is 0 Å². The highest BCUT2D eigenvalue weighted by atomic mass is 16.4. The molecule has 3 N–H and O–H groups in total. The van der Waals surface area contributed by atoms with Crippen LogP contribution in [0.5, 0.6) is 0 Å². The van der Waals surface area contributed by atoms with Gasteiger partial charge in [0, 0.05) is 12.7 Å². The standard InChI is InChI=1S/C13H17N3O3/c1-13(12(18)19)6-2-3-7-16(13)10-5-4-9(8-15-10)11(14)17/h4-5,8H,2-3,6-7H2,1H3,(H2,14,17)(H,18,19). The van der Waals surface area contributed by atoms with Gasteiger partial charge in [0.05, 0.1) is 5.56 Å². The van der Waals surface area contributed by atoms with E-state index >= 15 is 0 Å². The van der Waals surface area contributed by atoms with Gasteiger partial charge >= 0.3 is 5.97 Å². The number of hydrogen-bond donors (Lipinski definition) is 2. The number of pyridine rings is 1. The molecule has 19 heavy (non-hydrogen) atoms. The summed E-state index contributed by atoms with van der Waals surface area (Å²) in [5.74, 6) is -0.832. The molecule has 6 nitrogen and oxygen atoms in total. The first-order chi connectivity index (χ1) is 8.95. The quantitative estimate of drug-likeness (QED) is 0.848. The maximum Gasteiger partial charge on any atom is 0.329 e. The Balaban J connectivity index is 2.32. The molecule has 0 spiro atoms. The Kier molecular flexibility index (Phi) is 3.42. The summed E-state index contributed by atoms with van der Waals surface area (Å²) in [5, 5.41) is 9.43. The zero-order valence-electron chi connectivity index (χ0n) is 10.8. The number of aliphatic carboxylic acids is 1. The Morgan fingerprint density at radius 2 is 2.16 bits per heavy atom. The van der Waals surface area contributed by atoms with Crippen molar-refractivity contribution in [3.8, 4) is 0 Å². The van der Waals surface area contributed by atoms with Crippen LogP contribution in [0.15, 0.2) is 18.3 Å². The zero-order valence-corrected chi connectivity index (χ0v) is 10.8. The average molecular weight is 263 g/mol. The van der Waals surface area contributed by atoms with E-state index in [-0.39, 0.29) is 0 Å². The van der Waals surface area contributed by atoms with Crippen molar-refractivity contribution < 1.29 is 14.7 Å². The smallest absolute Gasteiger partial charge is 0.329 e. The van der Waals surface area contributed by atoms with E-state index < -0.39 is 17.4 Å². The summed E-state index contributed by atoms with van der Waals surface area (Å²) in [6.07, 6.45) is 3.79. The molecule has 6 heteroatoms. The van der Waals surface area contributed by atoms with Gasteiger partial charge in [-0.15, -0.1) is 0 Å². The highest BCUT2D eigenvalue weighted by Crippen LogP contribution is 2.32. The zero-order chi connectivity index (χ0) is 14.0. The van der Waals surface area contributed by atoms with Gasteiger partial charge in [-0.2, -0.15) is 0 Å². The highest BCUT2D eigenvalue weighted by molar-refractivity contribution is 5.92. The second kappa shape index (κ2) is 4.87. The molecule has 0 bridgehead atoms. The van der Waals surface area contributed by atoms with Crippen molar-refractivity contribution in [2.75, 3.05) is 11.4 Å². The molecule has 0 aliphatic carbocycles. The molecule has 1 aliphatic rings. The van der Waals surface area contributed by atoms with E-state index in [9.17, 15) is 14.7 Å². The molecule has 1 amide bonds. The van der Waals surface area contributed by atoms with Crippen LogP contribution in [0.3, 0.4) is 0 Å². The minimum atomic E-state index is -0.945. The number of piperidine rings is 1. The van der Waals surface area contributed by atoms with Crippen molar-refractivity contribution in [3.05, 3.63) is 23.9 Å². The number of nitrogens with two attached hydrogens (primary N) is 1. The SMILES string of the molecule is CC1(C(=O)O)CCCCN1c1ccc(C(N)=O)cn1. The number of carbonyl (C=O) groups is 2. The molecule has 0 radical (unpaired) electrons. The average Bonchev–Trinajstić information content (AvgIpc) is 2.39. The second-order valence-electron chi connectivity index (χ2n) is 4.96. The van der Waals surface area contributed by atoms with Crippen molar-refractivity contribution in [1.29, 1.82) is 0 Å². The van der Waals surface area contributed by atoms with Crippen molar-refractivity contribution >= 4 is 17.7 Å². The van der Waals surface area contributed by atoms with Crippen molar-refractivity contribution in [3.63, 3.8) is 0 Å². The summed E-state index contributed by atoms with van der Waals surface area (Å²) < 4.78 is 0. The molecule has 2 heterocycles. The lowest BCUT2D eigenvalue weighted by molar-refractivity contribution is -0.143. The van der Waals surface area contributed by atoms with Crippen LogP contribution in [0.2, 0.25) is 0 Å². The van der Waals surface area contributed by atoms with Gasteiger partial charge in [0.1, 0.15) is 11.4 Å². The Bertz CT molecular complexity index is 500. The first-order valence-electron chi connectivity index (χ1n) is 6.22. The topological polar surface area (TPSA) is 96.5 Å². The van der Waals surface area contributed by atoms with E-state index in [1.807, 2.05) is 0 Å². The summed E-state index contributed by atoms with van der Waals surface area (Å²) in [4.78, 5) is 28.4. The molecule has 1 atom stereocenters. The molecule has 1 aliphatic heterocycles. The lowest BCUT2D eigenvalue weighted by Gasteiger charge is -2.42. The minimum Gasteiger partial charge on any atom is -0.480 e. The van der Waals surface area contributed by atoms with Crippen molar-refractivity contribution in [1.82, 2.24) is 4.98 Å². The Morgan fingerprint density at radius 3 is 2.68 bits per heavy atom. The van der Waals surface area contributed by atoms with E-state index in [0.29, 0.717) is 24.3 Å². The fraction of sp³-hybridized carbons (Fsp3) is 0.462. The maximum absolute atomic E-state index is 11.5. The maximum atomic E-state index is 11.5. The van der Waals surface area contributed by atoms with Crippen molar-refractivity contribution in [2.24, 2.45) is 5.73 Å². The van der Waals surface area contributed by atoms with Crippen LogP contribution >= 0.6 is 0 Å². The number of carboxylic acids is 1. The van der Waals surface area contributed by atoms with Crippen LogP contribution in [0.4, 0.5) is 5.82 Å². The second-order valence-corrected chi connectivity index (χ2v) is 4.96. The largest absolute Gasteiger partial charge is 0.480 e. The van der Waals surface area contributed by atoms with E-state index in [0.717, 1.165) is 12.8 Å². The van der Waals surface area contributed by atoms with Crippen LogP contribution in [0.1, 0.15) is 36.5 Å². The van der Waals surface area contributed by atoms with E-state index in [1.165, 1.54) is 6.20 Å². The predicted molar refractivity (Wildman–Crippen MR) is 70.0 cm³/mol. The number of nitrogens with zero attached hydrogens (tertiary/aromatic N) is 2. The molecule has 102 valence electrons. The molecule has 1 aromatic heterocycles. The third-order valence-corrected chi connectivity index (χ3v) is 3.66. The molecule has 1 unspecified atom stereocenters. The number of carboxylic acid groups (broad SMARTS) is 1. The molecular weight excluding hydrogens is 246 g/mol. The predicted octanol–water partition coefficient (Wildman–Crippen LogP) is 1.01. The lowest BCUT2D eigenvalue weighted by atomic mass is 9.88. The molecule has 2 rings (SSSR count). The number of aromatic nitrogens is 1. The van der Waals surface area contributed by atoms with Gasteiger partial charge in [-0.3, -0.25) is 4.79 Å². The molecule has 0 aromatic carbocycles. The van der Waals surface area contributed by atoms with Gasteiger partial charge < -0.3 is 15.7 Å². The Hall–Kier alpha value is -2.11. The normalized spacial score (nSPS) is 23.1. The van der Waals surface area contributed by atoms with Crippen LogP contribution in [0.25, 0.3) is 0 Å². The first-order valence-corrected chi connectivity index (χ1v) is 6.22. The van der Waals surface area contributed by atoms with Gasteiger partial charge in [-0.1, -0.05) is 0 Å². The number of primary amides is 1.